The second-order valence-corrected chi connectivity index (χ2v) is 5.92. The summed E-state index contributed by atoms with van der Waals surface area (Å²) in [6.07, 6.45) is 1.02. The van der Waals surface area contributed by atoms with E-state index in [4.69, 9.17) is 11.6 Å². The van der Waals surface area contributed by atoms with Gasteiger partial charge in [-0.1, -0.05) is 0 Å². The number of carbonyl (C=O) groups is 2. The van der Waals surface area contributed by atoms with Crippen molar-refractivity contribution in [2.45, 2.75) is 12.8 Å². The van der Waals surface area contributed by atoms with Gasteiger partial charge in [0.1, 0.15) is 0 Å². The van der Waals surface area contributed by atoms with E-state index < -0.39 is 21.8 Å². The third kappa shape index (κ3) is 3.73. The molecule has 0 aromatic rings. The number of unbranched alkanes of at least 4 members (excludes halogenated alkanes) is 1. The first kappa shape index (κ1) is 13.4. The number of nitrogens with one attached hydrogen (secondary N) is 1. The molecular formula is C8H13ClN2O4S. The Labute approximate surface area is 99.0 Å². The van der Waals surface area contributed by atoms with E-state index in [1.54, 1.807) is 0 Å². The van der Waals surface area contributed by atoms with E-state index in [1.165, 1.54) is 0 Å². The van der Waals surface area contributed by atoms with Crippen molar-refractivity contribution in [3.63, 3.8) is 0 Å². The molecular weight excluding hydrogens is 256 g/mol. The highest BCUT2D eigenvalue weighted by Gasteiger charge is 2.30. The number of piperazine rings is 1. The monoisotopic (exact) mass is 268 g/mol. The lowest BCUT2D eigenvalue weighted by atomic mass is 10.4. The lowest BCUT2D eigenvalue weighted by molar-refractivity contribution is -0.134. The molecule has 0 atom stereocenters. The maximum absolute atomic E-state index is 11.7. The van der Waals surface area contributed by atoms with E-state index in [1.807, 2.05) is 5.32 Å². The maximum Gasteiger partial charge on any atom is 0.241 e. The Bertz CT molecular complexity index is 365. The molecule has 0 saturated carbocycles. The van der Waals surface area contributed by atoms with Crippen LogP contribution < -0.4 is 5.32 Å². The molecule has 0 bridgehead atoms. The number of nitrogens with zero attached hydrogens (tertiary/aromatic N) is 1. The fourth-order valence-corrected chi connectivity index (χ4v) is 2.96. The summed E-state index contributed by atoms with van der Waals surface area (Å²) in [5.74, 6) is -0.857. The number of amides is 2. The summed E-state index contributed by atoms with van der Waals surface area (Å²) in [4.78, 5) is 22.0. The number of carbonyl (C=O) groups excluding carboxylic acids is 2. The van der Waals surface area contributed by atoms with Crippen LogP contribution in [0, 0.1) is 0 Å². The van der Waals surface area contributed by atoms with E-state index in [2.05, 4.69) is 0 Å². The summed E-state index contributed by atoms with van der Waals surface area (Å²) in [6.45, 7) is -0.566. The molecule has 2 amide bonds. The van der Waals surface area contributed by atoms with Gasteiger partial charge in [0, 0.05) is 5.88 Å². The quantitative estimate of drug-likeness (QED) is 0.406. The van der Waals surface area contributed by atoms with Gasteiger partial charge < -0.3 is 0 Å². The maximum atomic E-state index is 11.7. The van der Waals surface area contributed by atoms with Gasteiger partial charge in [-0.3, -0.25) is 14.9 Å². The van der Waals surface area contributed by atoms with Gasteiger partial charge in [0.25, 0.3) is 0 Å². The zero-order chi connectivity index (χ0) is 12.2. The molecule has 6 nitrogen and oxygen atoms in total. The van der Waals surface area contributed by atoms with E-state index >= 15 is 0 Å². The van der Waals surface area contributed by atoms with Crippen LogP contribution in [0.3, 0.4) is 0 Å². The summed E-state index contributed by atoms with van der Waals surface area (Å²) in [5, 5.41) is 2.04. The molecule has 1 N–H and O–H groups in total. The Morgan fingerprint density at radius 2 is 1.75 bits per heavy atom. The fraction of sp³-hybridized carbons (Fsp3) is 0.750. The standard InChI is InChI=1S/C8H13ClN2O4S/c9-3-1-2-4-16(14,15)11-5-7(12)10-8(13)6-11/h1-6H2,(H,10,12,13). The molecule has 1 aliphatic heterocycles. The molecule has 0 unspecified atom stereocenters. The van der Waals surface area contributed by atoms with Crippen LogP contribution in [0.4, 0.5) is 0 Å². The summed E-state index contributed by atoms with van der Waals surface area (Å²) in [5.41, 5.74) is 0. The van der Waals surface area contributed by atoms with Crippen LogP contribution >= 0.6 is 11.6 Å². The number of alkyl halides is 1. The average molecular weight is 269 g/mol. The largest absolute Gasteiger partial charge is 0.294 e. The molecule has 0 spiro atoms. The van der Waals surface area contributed by atoms with Crippen LogP contribution in [-0.2, 0) is 19.6 Å². The van der Waals surface area contributed by atoms with E-state index in [0.29, 0.717) is 18.7 Å². The Morgan fingerprint density at radius 3 is 2.25 bits per heavy atom. The Kier molecular flexibility index (Phi) is 4.69. The lowest BCUT2D eigenvalue weighted by Crippen LogP contribution is -2.53. The van der Waals surface area contributed by atoms with Crippen molar-refractivity contribution < 1.29 is 18.0 Å². The summed E-state index contributed by atoms with van der Waals surface area (Å²) < 4.78 is 24.3. The molecule has 16 heavy (non-hydrogen) atoms. The van der Waals surface area contributed by atoms with Gasteiger partial charge in [0.2, 0.25) is 21.8 Å². The van der Waals surface area contributed by atoms with Crippen molar-refractivity contribution in [2.75, 3.05) is 24.7 Å². The van der Waals surface area contributed by atoms with E-state index in [0.717, 1.165) is 4.31 Å². The van der Waals surface area contributed by atoms with Crippen LogP contribution in [0.1, 0.15) is 12.8 Å². The van der Waals surface area contributed by atoms with Crippen LogP contribution in [-0.4, -0.2) is 49.3 Å². The van der Waals surface area contributed by atoms with Crippen LogP contribution in [0.5, 0.6) is 0 Å². The minimum atomic E-state index is -3.53. The van der Waals surface area contributed by atoms with Crippen LogP contribution in [0.2, 0.25) is 0 Å². The third-order valence-corrected chi connectivity index (χ3v) is 4.21. The Morgan fingerprint density at radius 1 is 1.19 bits per heavy atom. The molecule has 1 aliphatic rings. The van der Waals surface area contributed by atoms with Gasteiger partial charge in [-0.2, -0.15) is 4.31 Å². The van der Waals surface area contributed by atoms with Crippen molar-refractivity contribution in [1.82, 2.24) is 9.62 Å². The smallest absolute Gasteiger partial charge is 0.241 e. The molecule has 92 valence electrons. The summed E-state index contributed by atoms with van der Waals surface area (Å²) in [6, 6.07) is 0. The minimum absolute atomic E-state index is 0.0831. The van der Waals surface area contributed by atoms with Crippen LogP contribution in [0.15, 0.2) is 0 Å². The highest BCUT2D eigenvalue weighted by Crippen LogP contribution is 2.07. The third-order valence-electron chi connectivity index (χ3n) is 2.10. The molecule has 0 aromatic carbocycles. The number of rotatable bonds is 5. The SMILES string of the molecule is O=C1CN(S(=O)(=O)CCCCCl)CC(=O)N1. The zero-order valence-electron chi connectivity index (χ0n) is 8.61. The van der Waals surface area contributed by atoms with Gasteiger partial charge in [-0.25, -0.2) is 8.42 Å². The molecule has 1 saturated heterocycles. The Balaban J connectivity index is 2.60. The highest BCUT2D eigenvalue weighted by atomic mass is 35.5. The number of hydrogen-bond acceptors (Lipinski definition) is 4. The first-order valence-electron chi connectivity index (χ1n) is 4.82. The topological polar surface area (TPSA) is 83.6 Å². The van der Waals surface area contributed by atoms with E-state index in [9.17, 15) is 18.0 Å². The zero-order valence-corrected chi connectivity index (χ0v) is 10.2. The van der Waals surface area contributed by atoms with Gasteiger partial charge in [-0.05, 0) is 12.8 Å². The number of imide groups is 1. The second kappa shape index (κ2) is 5.60. The predicted octanol–water partition coefficient (Wildman–Crippen LogP) is -0.706. The van der Waals surface area contributed by atoms with Crippen molar-refractivity contribution >= 4 is 33.4 Å². The predicted molar refractivity (Wildman–Crippen MR) is 58.5 cm³/mol. The van der Waals surface area contributed by atoms with Gasteiger partial charge >= 0.3 is 0 Å². The second-order valence-electron chi connectivity index (χ2n) is 3.45. The molecule has 1 heterocycles. The van der Waals surface area contributed by atoms with Crippen molar-refractivity contribution in [3.05, 3.63) is 0 Å². The number of hydrogen-bond donors (Lipinski definition) is 1. The molecule has 1 rings (SSSR count). The summed E-state index contributed by atoms with van der Waals surface area (Å²) >= 11 is 5.44. The van der Waals surface area contributed by atoms with Gasteiger partial charge in [0.05, 0.1) is 18.8 Å². The van der Waals surface area contributed by atoms with Crippen molar-refractivity contribution in [3.8, 4) is 0 Å². The minimum Gasteiger partial charge on any atom is -0.294 e. The highest BCUT2D eigenvalue weighted by molar-refractivity contribution is 7.89. The Hall–Kier alpha value is -0.660. The first-order valence-corrected chi connectivity index (χ1v) is 6.96. The summed E-state index contributed by atoms with van der Waals surface area (Å²) in [7, 11) is -3.53. The van der Waals surface area contributed by atoms with Crippen LogP contribution in [0.25, 0.3) is 0 Å². The van der Waals surface area contributed by atoms with Gasteiger partial charge in [0.15, 0.2) is 0 Å². The molecule has 1 fully saturated rings. The molecule has 0 radical (unpaired) electrons. The normalized spacial score (nSPS) is 18.6. The molecule has 0 aromatic heterocycles. The number of halogens is 1. The average Bonchev–Trinajstić information content (AvgIpc) is 2.16. The molecule has 8 heteroatoms. The van der Waals surface area contributed by atoms with Crippen molar-refractivity contribution in [1.29, 1.82) is 0 Å². The number of sulfonamides is 1. The lowest BCUT2D eigenvalue weighted by Gasteiger charge is -2.24. The van der Waals surface area contributed by atoms with Gasteiger partial charge in [-0.15, -0.1) is 11.6 Å². The van der Waals surface area contributed by atoms with Crippen molar-refractivity contribution in [2.24, 2.45) is 0 Å². The van der Waals surface area contributed by atoms with E-state index in [-0.39, 0.29) is 18.8 Å². The fourth-order valence-electron chi connectivity index (χ4n) is 1.32. The molecule has 0 aliphatic carbocycles. The first-order chi connectivity index (χ1) is 7.45.